The van der Waals surface area contributed by atoms with Crippen molar-refractivity contribution in [2.24, 2.45) is 23.7 Å². The fourth-order valence-electron chi connectivity index (χ4n) is 3.42. The van der Waals surface area contributed by atoms with Gasteiger partial charge in [-0.3, -0.25) is 4.79 Å². The normalized spacial score (nSPS) is 51.2. The molecule has 0 aromatic heterocycles. The Morgan fingerprint density at radius 3 is 2.67 bits per heavy atom. The van der Waals surface area contributed by atoms with Gasteiger partial charge in [-0.15, -0.1) is 0 Å². The number of carbonyl (C=O) groups excluding carboxylic acids is 1. The Bertz CT molecular complexity index is 226. The maximum Gasteiger partial charge on any atom is 0.140 e. The summed E-state index contributed by atoms with van der Waals surface area (Å²) < 4.78 is 0. The van der Waals surface area contributed by atoms with Crippen molar-refractivity contribution in [3.63, 3.8) is 0 Å². The van der Waals surface area contributed by atoms with E-state index in [1.54, 1.807) is 0 Å². The summed E-state index contributed by atoms with van der Waals surface area (Å²) in [6.45, 7) is 2.13. The minimum absolute atomic E-state index is 0.376. The average Bonchev–Trinajstić information content (AvgIpc) is 2.32. The summed E-state index contributed by atoms with van der Waals surface area (Å²) in [6, 6.07) is 0. The lowest BCUT2D eigenvalue weighted by molar-refractivity contribution is -0.128. The highest BCUT2D eigenvalue weighted by Gasteiger charge is 2.47. The molecule has 4 unspecified atom stereocenters. The maximum absolute atomic E-state index is 11.8. The first-order valence-electron chi connectivity index (χ1n) is 5.09. The number of nitrogens with one attached hydrogen (secondary N) is 1. The van der Waals surface area contributed by atoms with Crippen molar-refractivity contribution in [2.45, 2.75) is 19.3 Å². The number of rotatable bonds is 0. The molecule has 1 heterocycles. The summed E-state index contributed by atoms with van der Waals surface area (Å²) in [5.74, 6) is 3.11. The van der Waals surface area contributed by atoms with E-state index in [2.05, 4.69) is 5.32 Å². The molecule has 0 spiro atoms. The van der Waals surface area contributed by atoms with Crippen LogP contribution in [0, 0.1) is 23.7 Å². The molecule has 2 heteroatoms. The van der Waals surface area contributed by atoms with Gasteiger partial charge in [0.2, 0.25) is 0 Å². The van der Waals surface area contributed by atoms with E-state index >= 15 is 0 Å². The van der Waals surface area contributed by atoms with Crippen LogP contribution in [0.4, 0.5) is 0 Å². The summed E-state index contributed by atoms with van der Waals surface area (Å²) >= 11 is 0. The fourth-order valence-corrected chi connectivity index (χ4v) is 3.42. The third-order valence-corrected chi connectivity index (χ3v) is 4.03. The third-order valence-electron chi connectivity index (χ3n) is 4.03. The maximum atomic E-state index is 11.8. The second kappa shape index (κ2) is 2.32. The smallest absolute Gasteiger partial charge is 0.140 e. The molecule has 2 aliphatic carbocycles. The van der Waals surface area contributed by atoms with Gasteiger partial charge in [0.25, 0.3) is 0 Å². The summed E-state index contributed by atoms with van der Waals surface area (Å²) in [4.78, 5) is 11.8. The van der Waals surface area contributed by atoms with Gasteiger partial charge in [-0.25, -0.2) is 0 Å². The van der Waals surface area contributed by atoms with Crippen LogP contribution in [-0.4, -0.2) is 18.9 Å². The second-order valence-electron chi connectivity index (χ2n) is 4.68. The molecule has 2 saturated carbocycles. The lowest BCUT2D eigenvalue weighted by atomic mass is 9.80. The van der Waals surface area contributed by atoms with Crippen LogP contribution in [-0.2, 0) is 4.79 Å². The molecule has 3 fully saturated rings. The Hall–Kier alpha value is -0.370. The zero-order valence-corrected chi connectivity index (χ0v) is 7.25. The SMILES string of the molecule is O=C1C2CNCC3CC1CC3C2. The van der Waals surface area contributed by atoms with Gasteiger partial charge in [0.05, 0.1) is 0 Å². The van der Waals surface area contributed by atoms with Crippen LogP contribution in [0.2, 0.25) is 0 Å². The van der Waals surface area contributed by atoms with Crippen molar-refractivity contribution >= 4 is 5.78 Å². The average molecular weight is 165 g/mol. The number of hydrogen-bond acceptors (Lipinski definition) is 2. The molecule has 1 aliphatic heterocycles. The molecule has 0 radical (unpaired) electrons. The molecular formula is C10H15NO. The van der Waals surface area contributed by atoms with Crippen LogP contribution in [0.1, 0.15) is 19.3 Å². The number of hydrogen-bond donors (Lipinski definition) is 1. The van der Waals surface area contributed by atoms with Gasteiger partial charge < -0.3 is 5.32 Å². The molecular weight excluding hydrogens is 150 g/mol. The standard InChI is InChI=1S/C10H15NO/c12-10-7-1-6-2-9(10)5-11-4-8(6)3-7/h6-9,11H,1-5H2. The fraction of sp³-hybridized carbons (Fsp3) is 0.900. The summed E-state index contributed by atoms with van der Waals surface area (Å²) in [7, 11) is 0. The van der Waals surface area contributed by atoms with Crippen LogP contribution >= 0.6 is 0 Å². The Morgan fingerprint density at radius 2 is 1.75 bits per heavy atom. The largest absolute Gasteiger partial charge is 0.316 e. The predicted molar refractivity (Wildman–Crippen MR) is 45.7 cm³/mol. The number of carbonyl (C=O) groups is 1. The van der Waals surface area contributed by atoms with E-state index in [1.165, 1.54) is 25.8 Å². The van der Waals surface area contributed by atoms with Gasteiger partial charge in [-0.05, 0) is 37.6 Å². The molecule has 1 N–H and O–H groups in total. The lowest BCUT2D eigenvalue weighted by Crippen LogP contribution is -2.34. The minimum Gasteiger partial charge on any atom is -0.316 e. The van der Waals surface area contributed by atoms with Gasteiger partial charge in [0.15, 0.2) is 0 Å². The van der Waals surface area contributed by atoms with Crippen molar-refractivity contribution in [1.29, 1.82) is 0 Å². The van der Waals surface area contributed by atoms with Crippen molar-refractivity contribution in [1.82, 2.24) is 5.32 Å². The first-order chi connectivity index (χ1) is 5.84. The van der Waals surface area contributed by atoms with Crippen molar-refractivity contribution in [2.75, 3.05) is 13.1 Å². The highest BCUT2D eigenvalue weighted by atomic mass is 16.1. The highest BCUT2D eigenvalue weighted by molar-refractivity contribution is 5.85. The first kappa shape index (κ1) is 7.07. The highest BCUT2D eigenvalue weighted by Crippen LogP contribution is 2.47. The van der Waals surface area contributed by atoms with Gasteiger partial charge in [0, 0.05) is 18.4 Å². The van der Waals surface area contributed by atoms with Crippen LogP contribution in [0.15, 0.2) is 0 Å². The van der Waals surface area contributed by atoms with Gasteiger partial charge in [-0.2, -0.15) is 0 Å². The summed E-state index contributed by atoms with van der Waals surface area (Å²) in [5, 5.41) is 3.42. The van der Waals surface area contributed by atoms with E-state index in [0.29, 0.717) is 17.6 Å². The molecule has 0 amide bonds. The van der Waals surface area contributed by atoms with E-state index in [-0.39, 0.29) is 0 Å². The van der Waals surface area contributed by atoms with Crippen LogP contribution < -0.4 is 5.32 Å². The van der Waals surface area contributed by atoms with Gasteiger partial charge >= 0.3 is 0 Å². The molecule has 3 aliphatic rings. The number of ketones is 1. The van der Waals surface area contributed by atoms with E-state index in [1.807, 2.05) is 0 Å². The van der Waals surface area contributed by atoms with Crippen molar-refractivity contribution < 1.29 is 4.79 Å². The third kappa shape index (κ3) is 0.817. The molecule has 3 bridgehead atoms. The van der Waals surface area contributed by atoms with E-state index in [0.717, 1.165) is 18.4 Å². The number of Topliss-reactive ketones (excluding diaryl/α,β-unsaturated/α-hetero) is 1. The molecule has 0 aromatic carbocycles. The minimum atomic E-state index is 0.376. The molecule has 1 saturated heterocycles. The lowest BCUT2D eigenvalue weighted by Gasteiger charge is -2.24. The predicted octanol–water partition coefficient (Wildman–Crippen LogP) is 0.821. The van der Waals surface area contributed by atoms with E-state index in [9.17, 15) is 4.79 Å². The van der Waals surface area contributed by atoms with E-state index in [4.69, 9.17) is 0 Å². The zero-order chi connectivity index (χ0) is 8.13. The molecule has 66 valence electrons. The van der Waals surface area contributed by atoms with E-state index < -0.39 is 0 Å². The Balaban J connectivity index is 1.97. The van der Waals surface area contributed by atoms with Gasteiger partial charge in [-0.1, -0.05) is 0 Å². The molecule has 2 nitrogen and oxygen atoms in total. The molecule has 12 heavy (non-hydrogen) atoms. The first-order valence-corrected chi connectivity index (χ1v) is 5.09. The Morgan fingerprint density at radius 1 is 1.00 bits per heavy atom. The monoisotopic (exact) mass is 165 g/mol. The van der Waals surface area contributed by atoms with Crippen molar-refractivity contribution in [3.05, 3.63) is 0 Å². The van der Waals surface area contributed by atoms with Crippen LogP contribution in [0.5, 0.6) is 0 Å². The Kier molecular flexibility index (Phi) is 1.37. The molecule has 0 aromatic rings. The summed E-state index contributed by atoms with van der Waals surface area (Å²) in [5.41, 5.74) is 0. The summed E-state index contributed by atoms with van der Waals surface area (Å²) in [6.07, 6.45) is 3.58. The zero-order valence-electron chi connectivity index (χ0n) is 7.25. The van der Waals surface area contributed by atoms with Crippen LogP contribution in [0.25, 0.3) is 0 Å². The second-order valence-corrected chi connectivity index (χ2v) is 4.68. The topological polar surface area (TPSA) is 29.1 Å². The van der Waals surface area contributed by atoms with Gasteiger partial charge in [0.1, 0.15) is 5.78 Å². The van der Waals surface area contributed by atoms with Crippen molar-refractivity contribution in [3.8, 4) is 0 Å². The molecule has 3 rings (SSSR count). The van der Waals surface area contributed by atoms with Crippen LogP contribution in [0.3, 0.4) is 0 Å². The number of fused-ring (bicyclic) bond motifs is 2. The quantitative estimate of drug-likeness (QED) is 0.576. The Labute approximate surface area is 72.7 Å². The molecule has 4 atom stereocenters.